The molecule has 1 aromatic rings. The third-order valence-corrected chi connectivity index (χ3v) is 5.26. The minimum Gasteiger partial charge on any atom is -0.453 e. The number of hydrogen-bond acceptors (Lipinski definition) is 6. The minimum atomic E-state index is -3.66. The van der Waals surface area contributed by atoms with Crippen molar-refractivity contribution in [2.24, 2.45) is 5.73 Å². The maximum absolute atomic E-state index is 12.6. The Bertz CT molecular complexity index is 619. The first-order valence-electron chi connectivity index (χ1n) is 6.47. The van der Waals surface area contributed by atoms with Crippen molar-refractivity contribution in [2.75, 3.05) is 20.2 Å². The van der Waals surface area contributed by atoms with Crippen LogP contribution < -0.4 is 11.1 Å². The summed E-state index contributed by atoms with van der Waals surface area (Å²) < 4.78 is 31.0. The number of rotatable bonds is 4. The second-order valence-electron chi connectivity index (χ2n) is 4.64. The van der Waals surface area contributed by atoms with Gasteiger partial charge < -0.3 is 15.8 Å². The summed E-state index contributed by atoms with van der Waals surface area (Å²) in [6.45, 7) is 0.583. The van der Waals surface area contributed by atoms with E-state index in [9.17, 15) is 13.2 Å². The van der Waals surface area contributed by atoms with E-state index in [1.165, 1.54) is 23.7 Å². The lowest BCUT2D eigenvalue weighted by molar-refractivity contribution is 0.167. The number of carbonyl (C=O) groups is 1. The fraction of sp³-hybridized carbons (Fsp3) is 0.500. The SMILES string of the molecule is COC(=O)NC1CCN(S(=O)(=O)c2cccnc2CN)C1. The summed E-state index contributed by atoms with van der Waals surface area (Å²) in [7, 11) is -2.39. The van der Waals surface area contributed by atoms with E-state index in [-0.39, 0.29) is 24.0 Å². The Labute approximate surface area is 123 Å². The van der Waals surface area contributed by atoms with Crippen molar-refractivity contribution in [3.63, 3.8) is 0 Å². The molecule has 21 heavy (non-hydrogen) atoms. The number of alkyl carbamates (subject to hydrolysis) is 1. The number of methoxy groups -OCH3 is 1. The number of nitrogens with two attached hydrogens (primary N) is 1. The van der Waals surface area contributed by atoms with Crippen molar-refractivity contribution >= 4 is 16.1 Å². The minimum absolute atomic E-state index is 0.0487. The van der Waals surface area contributed by atoms with Gasteiger partial charge in [0.1, 0.15) is 4.90 Å². The third-order valence-electron chi connectivity index (χ3n) is 3.32. The summed E-state index contributed by atoms with van der Waals surface area (Å²) in [5, 5.41) is 2.60. The van der Waals surface area contributed by atoms with Crippen LogP contribution in [0.4, 0.5) is 4.79 Å². The molecular formula is C12H18N4O4S. The Kier molecular flexibility index (Phi) is 4.76. The zero-order chi connectivity index (χ0) is 15.5. The second-order valence-corrected chi connectivity index (χ2v) is 6.54. The summed E-state index contributed by atoms with van der Waals surface area (Å²) in [5.41, 5.74) is 5.87. The van der Waals surface area contributed by atoms with E-state index in [0.717, 1.165) is 0 Å². The summed E-state index contributed by atoms with van der Waals surface area (Å²) in [4.78, 5) is 15.3. The predicted molar refractivity (Wildman–Crippen MR) is 74.8 cm³/mol. The largest absolute Gasteiger partial charge is 0.453 e. The molecule has 1 aromatic heterocycles. The van der Waals surface area contributed by atoms with E-state index >= 15 is 0 Å². The summed E-state index contributed by atoms with van der Waals surface area (Å²) >= 11 is 0. The summed E-state index contributed by atoms with van der Waals surface area (Å²) in [5.74, 6) is 0. The van der Waals surface area contributed by atoms with E-state index in [2.05, 4.69) is 15.0 Å². The lowest BCUT2D eigenvalue weighted by atomic mass is 10.3. The molecule has 2 rings (SSSR count). The van der Waals surface area contributed by atoms with Crippen LogP contribution in [-0.2, 0) is 21.3 Å². The highest BCUT2D eigenvalue weighted by atomic mass is 32.2. The number of aromatic nitrogens is 1. The molecule has 3 N–H and O–H groups in total. The third kappa shape index (κ3) is 3.31. The molecule has 0 aromatic carbocycles. The van der Waals surface area contributed by atoms with Gasteiger partial charge in [0.15, 0.2) is 0 Å². The van der Waals surface area contributed by atoms with Gasteiger partial charge in [-0.2, -0.15) is 4.31 Å². The number of hydrogen-bond donors (Lipinski definition) is 2. The number of nitrogens with zero attached hydrogens (tertiary/aromatic N) is 2. The monoisotopic (exact) mass is 314 g/mol. The quantitative estimate of drug-likeness (QED) is 0.785. The molecule has 1 aliphatic rings. The van der Waals surface area contributed by atoms with Crippen molar-refractivity contribution in [1.82, 2.24) is 14.6 Å². The van der Waals surface area contributed by atoms with Gasteiger partial charge in [0.05, 0.1) is 12.8 Å². The number of amides is 1. The number of sulfonamides is 1. The Morgan fingerprint density at radius 2 is 2.38 bits per heavy atom. The van der Waals surface area contributed by atoms with Gasteiger partial charge >= 0.3 is 6.09 Å². The van der Waals surface area contributed by atoms with Crippen LogP contribution >= 0.6 is 0 Å². The van der Waals surface area contributed by atoms with Crippen molar-refractivity contribution in [3.8, 4) is 0 Å². The predicted octanol–water partition coefficient (Wildman–Crippen LogP) is -0.341. The molecule has 1 atom stereocenters. The van der Waals surface area contributed by atoms with Crippen molar-refractivity contribution in [3.05, 3.63) is 24.0 Å². The molecule has 2 heterocycles. The van der Waals surface area contributed by atoms with Gasteiger partial charge in [0.25, 0.3) is 0 Å². The first-order chi connectivity index (χ1) is 9.98. The molecule has 1 aliphatic heterocycles. The van der Waals surface area contributed by atoms with Crippen LogP contribution in [0, 0.1) is 0 Å². The van der Waals surface area contributed by atoms with E-state index in [4.69, 9.17) is 5.73 Å². The highest BCUT2D eigenvalue weighted by Gasteiger charge is 2.34. The molecule has 116 valence electrons. The average molecular weight is 314 g/mol. The summed E-state index contributed by atoms with van der Waals surface area (Å²) in [6.07, 6.45) is 1.47. The van der Waals surface area contributed by atoms with E-state index in [1.54, 1.807) is 6.07 Å². The maximum Gasteiger partial charge on any atom is 0.407 e. The van der Waals surface area contributed by atoms with Crippen molar-refractivity contribution in [2.45, 2.75) is 23.9 Å². The Morgan fingerprint density at radius 3 is 3.05 bits per heavy atom. The van der Waals surface area contributed by atoms with Gasteiger partial charge in [-0.15, -0.1) is 0 Å². The van der Waals surface area contributed by atoms with Crippen molar-refractivity contribution < 1.29 is 17.9 Å². The van der Waals surface area contributed by atoms with E-state index in [1.807, 2.05) is 0 Å². The van der Waals surface area contributed by atoms with Crippen LogP contribution in [0.3, 0.4) is 0 Å². The average Bonchev–Trinajstić information content (AvgIpc) is 2.96. The van der Waals surface area contributed by atoms with Gasteiger partial charge in [0, 0.05) is 31.9 Å². The molecular weight excluding hydrogens is 296 g/mol. The molecule has 1 saturated heterocycles. The molecule has 0 aliphatic carbocycles. The van der Waals surface area contributed by atoms with Gasteiger partial charge in [-0.1, -0.05) is 0 Å². The number of carbonyl (C=O) groups excluding carboxylic acids is 1. The summed E-state index contributed by atoms with van der Waals surface area (Å²) in [6, 6.07) is 2.79. The highest BCUT2D eigenvalue weighted by molar-refractivity contribution is 7.89. The zero-order valence-electron chi connectivity index (χ0n) is 11.7. The molecule has 1 amide bonds. The van der Waals surface area contributed by atoms with Gasteiger partial charge in [-0.05, 0) is 18.6 Å². The fourth-order valence-corrected chi connectivity index (χ4v) is 3.92. The zero-order valence-corrected chi connectivity index (χ0v) is 12.5. The van der Waals surface area contributed by atoms with Crippen molar-refractivity contribution in [1.29, 1.82) is 0 Å². The normalized spacial score (nSPS) is 19.4. The van der Waals surface area contributed by atoms with Crippen LogP contribution in [0.1, 0.15) is 12.1 Å². The Hall–Kier alpha value is -1.71. The first kappa shape index (κ1) is 15.7. The number of nitrogens with one attached hydrogen (secondary N) is 1. The lowest BCUT2D eigenvalue weighted by Crippen LogP contribution is -2.38. The molecule has 0 bridgehead atoms. The standard InChI is InChI=1S/C12H18N4O4S/c1-20-12(17)15-9-4-6-16(8-9)21(18,19)11-3-2-5-14-10(11)7-13/h2-3,5,9H,4,6-8,13H2,1H3,(H,15,17). The maximum atomic E-state index is 12.6. The lowest BCUT2D eigenvalue weighted by Gasteiger charge is -2.18. The molecule has 8 nitrogen and oxygen atoms in total. The molecule has 9 heteroatoms. The fourth-order valence-electron chi connectivity index (χ4n) is 2.24. The van der Waals surface area contributed by atoms with E-state index < -0.39 is 16.1 Å². The molecule has 0 spiro atoms. The highest BCUT2D eigenvalue weighted by Crippen LogP contribution is 2.22. The Morgan fingerprint density at radius 1 is 1.62 bits per heavy atom. The van der Waals surface area contributed by atoms with Gasteiger partial charge in [0.2, 0.25) is 10.0 Å². The number of pyridine rings is 1. The molecule has 1 fully saturated rings. The molecule has 0 saturated carbocycles. The number of ether oxygens (including phenoxy) is 1. The van der Waals surface area contributed by atoms with Crippen LogP contribution in [0.2, 0.25) is 0 Å². The van der Waals surface area contributed by atoms with Crippen LogP contribution in [0.15, 0.2) is 23.2 Å². The second kappa shape index (κ2) is 6.37. The topological polar surface area (TPSA) is 115 Å². The molecule has 0 radical (unpaired) electrons. The van der Waals surface area contributed by atoms with Crippen LogP contribution in [-0.4, -0.2) is 50.0 Å². The van der Waals surface area contributed by atoms with Gasteiger partial charge in [-0.25, -0.2) is 13.2 Å². The Balaban J connectivity index is 2.16. The van der Waals surface area contributed by atoms with Gasteiger partial charge in [-0.3, -0.25) is 4.98 Å². The van der Waals surface area contributed by atoms with E-state index in [0.29, 0.717) is 18.7 Å². The molecule has 1 unspecified atom stereocenters. The van der Waals surface area contributed by atoms with Crippen LogP contribution in [0.25, 0.3) is 0 Å². The smallest absolute Gasteiger partial charge is 0.407 e. The van der Waals surface area contributed by atoms with Crippen LogP contribution in [0.5, 0.6) is 0 Å². The first-order valence-corrected chi connectivity index (χ1v) is 7.91.